The molecule has 0 saturated carbocycles. The Morgan fingerprint density at radius 3 is 2.47 bits per heavy atom. The Morgan fingerprint density at radius 1 is 1.06 bits per heavy atom. The van der Waals surface area contributed by atoms with Crippen LogP contribution in [0.25, 0.3) is 0 Å². The largest absolute Gasteiger partial charge is 0.329 e. The highest BCUT2D eigenvalue weighted by atomic mass is 32.2. The first kappa shape index (κ1) is 12.1. The van der Waals surface area contributed by atoms with Crippen LogP contribution in [0.15, 0.2) is 59.5 Å². The van der Waals surface area contributed by atoms with E-state index >= 15 is 0 Å². The van der Waals surface area contributed by atoms with Gasteiger partial charge in [0.1, 0.15) is 5.82 Å². The van der Waals surface area contributed by atoms with E-state index in [1.807, 2.05) is 36.4 Å². The van der Waals surface area contributed by atoms with Gasteiger partial charge in [-0.3, -0.25) is 0 Å². The molecule has 0 aliphatic rings. The molecule has 2 N–H and O–H groups in total. The van der Waals surface area contributed by atoms with Crippen molar-refractivity contribution in [1.82, 2.24) is 0 Å². The van der Waals surface area contributed by atoms with Crippen molar-refractivity contribution in [2.24, 2.45) is 5.73 Å². The van der Waals surface area contributed by atoms with E-state index in [1.165, 1.54) is 6.07 Å². The Kier molecular flexibility index (Phi) is 4.18. The lowest BCUT2D eigenvalue weighted by molar-refractivity contribution is 0.625. The summed E-state index contributed by atoms with van der Waals surface area (Å²) in [6.07, 6.45) is 0. The van der Waals surface area contributed by atoms with E-state index in [1.54, 1.807) is 23.9 Å². The standard InChI is InChI=1S/C14H14FNS/c15-12-6-4-5-11(9-12)14(10-16)17-13-7-2-1-3-8-13/h1-9,14H,10,16H2. The van der Waals surface area contributed by atoms with Crippen LogP contribution < -0.4 is 5.73 Å². The Morgan fingerprint density at radius 2 is 1.82 bits per heavy atom. The molecule has 1 unspecified atom stereocenters. The van der Waals surface area contributed by atoms with E-state index in [9.17, 15) is 4.39 Å². The molecule has 17 heavy (non-hydrogen) atoms. The zero-order chi connectivity index (χ0) is 12.1. The first-order valence-corrected chi connectivity index (χ1v) is 6.35. The Balaban J connectivity index is 2.17. The third kappa shape index (κ3) is 3.32. The van der Waals surface area contributed by atoms with Crippen molar-refractivity contribution < 1.29 is 4.39 Å². The minimum absolute atomic E-state index is 0.0908. The second-order valence-corrected chi connectivity index (χ2v) is 4.99. The number of nitrogens with two attached hydrogens (primary N) is 1. The van der Waals surface area contributed by atoms with Gasteiger partial charge in [-0.05, 0) is 29.8 Å². The zero-order valence-corrected chi connectivity index (χ0v) is 10.2. The summed E-state index contributed by atoms with van der Waals surface area (Å²) in [7, 11) is 0. The van der Waals surface area contributed by atoms with Gasteiger partial charge in [0.15, 0.2) is 0 Å². The molecular formula is C14H14FNS. The lowest BCUT2D eigenvalue weighted by Gasteiger charge is -2.14. The van der Waals surface area contributed by atoms with Gasteiger partial charge in [0, 0.05) is 16.7 Å². The van der Waals surface area contributed by atoms with Crippen LogP contribution in [-0.2, 0) is 0 Å². The summed E-state index contributed by atoms with van der Waals surface area (Å²) in [6, 6.07) is 16.7. The molecule has 0 spiro atoms. The van der Waals surface area contributed by atoms with E-state index in [-0.39, 0.29) is 11.1 Å². The lowest BCUT2D eigenvalue weighted by Crippen LogP contribution is -2.09. The molecule has 2 rings (SSSR count). The molecule has 1 nitrogen and oxygen atoms in total. The van der Waals surface area contributed by atoms with Crippen LogP contribution in [0.3, 0.4) is 0 Å². The van der Waals surface area contributed by atoms with E-state index < -0.39 is 0 Å². The first-order valence-electron chi connectivity index (χ1n) is 5.47. The van der Waals surface area contributed by atoms with Gasteiger partial charge in [0.2, 0.25) is 0 Å². The third-order valence-corrected chi connectivity index (χ3v) is 3.75. The van der Waals surface area contributed by atoms with Gasteiger partial charge in [-0.25, -0.2) is 4.39 Å². The summed E-state index contributed by atoms with van der Waals surface area (Å²) in [5, 5.41) is 0.0908. The van der Waals surface area contributed by atoms with Crippen molar-refractivity contribution >= 4 is 11.8 Å². The highest BCUT2D eigenvalue weighted by Crippen LogP contribution is 2.34. The summed E-state index contributed by atoms with van der Waals surface area (Å²) in [6.45, 7) is 0.489. The van der Waals surface area contributed by atoms with Crippen molar-refractivity contribution in [2.45, 2.75) is 10.1 Å². The SMILES string of the molecule is NCC(Sc1ccccc1)c1cccc(F)c1. The Hall–Kier alpha value is -1.32. The predicted octanol–water partition coefficient (Wildman–Crippen LogP) is 3.62. The number of hydrogen-bond donors (Lipinski definition) is 1. The third-order valence-electron chi connectivity index (χ3n) is 2.46. The van der Waals surface area contributed by atoms with Crippen LogP contribution >= 0.6 is 11.8 Å². The summed E-state index contributed by atoms with van der Waals surface area (Å²) in [4.78, 5) is 1.15. The summed E-state index contributed by atoms with van der Waals surface area (Å²) in [5.41, 5.74) is 6.69. The molecule has 0 aliphatic heterocycles. The number of halogens is 1. The van der Waals surface area contributed by atoms with E-state index in [0.717, 1.165) is 10.5 Å². The first-order chi connectivity index (χ1) is 8.29. The number of thioether (sulfide) groups is 1. The molecular weight excluding hydrogens is 233 g/mol. The summed E-state index contributed by atoms with van der Waals surface area (Å²) in [5.74, 6) is -0.213. The highest BCUT2D eigenvalue weighted by Gasteiger charge is 2.11. The van der Waals surface area contributed by atoms with E-state index in [0.29, 0.717) is 6.54 Å². The fourth-order valence-electron chi connectivity index (χ4n) is 1.62. The fraction of sp³-hybridized carbons (Fsp3) is 0.143. The average Bonchev–Trinajstić information content (AvgIpc) is 2.37. The van der Waals surface area contributed by atoms with Crippen molar-refractivity contribution in [3.8, 4) is 0 Å². The van der Waals surface area contributed by atoms with Crippen LogP contribution in [0.5, 0.6) is 0 Å². The topological polar surface area (TPSA) is 26.0 Å². The minimum atomic E-state index is -0.213. The fourth-order valence-corrected chi connectivity index (χ4v) is 2.64. The second kappa shape index (κ2) is 5.84. The van der Waals surface area contributed by atoms with Gasteiger partial charge in [-0.2, -0.15) is 0 Å². The molecule has 3 heteroatoms. The maximum Gasteiger partial charge on any atom is 0.123 e. The van der Waals surface area contributed by atoms with Gasteiger partial charge < -0.3 is 5.73 Å². The quantitative estimate of drug-likeness (QED) is 0.835. The summed E-state index contributed by atoms with van der Waals surface area (Å²) >= 11 is 1.66. The smallest absolute Gasteiger partial charge is 0.123 e. The monoisotopic (exact) mass is 247 g/mol. The van der Waals surface area contributed by atoms with Crippen LogP contribution in [0.2, 0.25) is 0 Å². The maximum absolute atomic E-state index is 13.2. The molecule has 0 aliphatic carbocycles. The number of rotatable bonds is 4. The molecule has 0 amide bonds. The second-order valence-electron chi connectivity index (χ2n) is 3.71. The Bertz CT molecular complexity index is 473. The van der Waals surface area contributed by atoms with E-state index in [2.05, 4.69) is 0 Å². The molecule has 88 valence electrons. The van der Waals surface area contributed by atoms with Gasteiger partial charge in [0.25, 0.3) is 0 Å². The van der Waals surface area contributed by atoms with Gasteiger partial charge in [-0.15, -0.1) is 11.8 Å². The molecule has 0 heterocycles. The maximum atomic E-state index is 13.2. The molecule has 2 aromatic rings. The zero-order valence-electron chi connectivity index (χ0n) is 9.34. The van der Waals surface area contributed by atoms with Crippen LogP contribution in [0.4, 0.5) is 4.39 Å². The normalized spacial score (nSPS) is 12.4. The van der Waals surface area contributed by atoms with Gasteiger partial charge in [-0.1, -0.05) is 30.3 Å². The molecule has 0 aromatic heterocycles. The molecule has 0 saturated heterocycles. The number of hydrogen-bond acceptors (Lipinski definition) is 2. The average molecular weight is 247 g/mol. The molecule has 0 fully saturated rings. The molecule has 1 atom stereocenters. The van der Waals surface area contributed by atoms with Crippen molar-refractivity contribution in [3.63, 3.8) is 0 Å². The van der Waals surface area contributed by atoms with E-state index in [4.69, 9.17) is 5.73 Å². The highest BCUT2D eigenvalue weighted by molar-refractivity contribution is 7.99. The van der Waals surface area contributed by atoms with Crippen molar-refractivity contribution in [1.29, 1.82) is 0 Å². The Labute approximate surface area is 105 Å². The molecule has 0 radical (unpaired) electrons. The molecule has 0 bridgehead atoms. The van der Waals surface area contributed by atoms with Gasteiger partial charge >= 0.3 is 0 Å². The van der Waals surface area contributed by atoms with Crippen LogP contribution in [0.1, 0.15) is 10.8 Å². The van der Waals surface area contributed by atoms with Crippen LogP contribution in [-0.4, -0.2) is 6.54 Å². The minimum Gasteiger partial charge on any atom is -0.329 e. The summed E-state index contributed by atoms with van der Waals surface area (Å²) < 4.78 is 13.2. The van der Waals surface area contributed by atoms with Gasteiger partial charge in [0.05, 0.1) is 0 Å². The molecule has 2 aromatic carbocycles. The lowest BCUT2D eigenvalue weighted by atomic mass is 10.1. The number of benzene rings is 2. The van der Waals surface area contributed by atoms with Crippen molar-refractivity contribution in [2.75, 3.05) is 6.54 Å². The predicted molar refractivity (Wildman–Crippen MR) is 70.5 cm³/mol. The van der Waals surface area contributed by atoms with Crippen LogP contribution in [0, 0.1) is 5.82 Å². The van der Waals surface area contributed by atoms with Crippen molar-refractivity contribution in [3.05, 3.63) is 66.0 Å².